The average Bonchev–Trinajstić information content (AvgIpc) is 2.89. The van der Waals surface area contributed by atoms with E-state index in [4.69, 9.17) is 16.7 Å². The van der Waals surface area contributed by atoms with E-state index >= 15 is 0 Å². The highest BCUT2D eigenvalue weighted by atomic mass is 35.5. The second-order valence-corrected chi connectivity index (χ2v) is 5.66. The molecular formula is C15H13ClN2O2S. The Bertz CT molecular complexity index is 716. The number of aromatic nitrogens is 1. The van der Waals surface area contributed by atoms with Crippen molar-refractivity contribution in [2.75, 3.05) is 6.61 Å². The molecular weight excluding hydrogens is 308 g/mol. The van der Waals surface area contributed by atoms with Crippen molar-refractivity contribution < 1.29 is 9.90 Å². The Morgan fingerprint density at radius 3 is 2.95 bits per heavy atom. The molecule has 4 nitrogen and oxygen atoms in total. The fraction of sp³-hybridized carbons (Fsp3) is 0.200. The Morgan fingerprint density at radius 2 is 2.33 bits per heavy atom. The minimum atomic E-state index is -0.231. The lowest BCUT2D eigenvalue weighted by Crippen LogP contribution is -2.22. The third kappa shape index (κ3) is 4.30. The summed E-state index contributed by atoms with van der Waals surface area (Å²) in [4.78, 5) is 16.3. The number of benzene rings is 1. The van der Waals surface area contributed by atoms with Crippen molar-refractivity contribution in [2.24, 2.45) is 0 Å². The molecule has 21 heavy (non-hydrogen) atoms. The second kappa shape index (κ2) is 7.23. The van der Waals surface area contributed by atoms with Crippen molar-refractivity contribution in [2.45, 2.75) is 13.5 Å². The molecule has 0 fully saturated rings. The number of amides is 1. The van der Waals surface area contributed by atoms with E-state index in [0.29, 0.717) is 22.7 Å². The molecule has 1 aromatic heterocycles. The maximum atomic E-state index is 12.0. The van der Waals surface area contributed by atoms with Crippen LogP contribution in [0.4, 0.5) is 0 Å². The highest BCUT2D eigenvalue weighted by Crippen LogP contribution is 2.17. The number of aryl methyl sites for hydroxylation is 1. The smallest absolute Gasteiger partial charge is 0.251 e. The average molecular weight is 321 g/mol. The molecule has 2 aromatic rings. The molecule has 0 saturated carbocycles. The van der Waals surface area contributed by atoms with Crippen LogP contribution in [-0.2, 0) is 6.54 Å². The summed E-state index contributed by atoms with van der Waals surface area (Å²) in [6, 6.07) is 4.87. The number of rotatable bonds is 3. The number of aliphatic hydroxyl groups excluding tert-OH is 1. The van der Waals surface area contributed by atoms with Crippen molar-refractivity contribution in [3.05, 3.63) is 50.4 Å². The highest BCUT2D eigenvalue weighted by Gasteiger charge is 2.08. The number of halogens is 1. The zero-order chi connectivity index (χ0) is 15.2. The van der Waals surface area contributed by atoms with E-state index in [9.17, 15) is 4.79 Å². The summed E-state index contributed by atoms with van der Waals surface area (Å²) in [6.45, 7) is 2.07. The van der Waals surface area contributed by atoms with Gasteiger partial charge in [-0.3, -0.25) is 4.79 Å². The Kier molecular flexibility index (Phi) is 5.34. The van der Waals surface area contributed by atoms with Gasteiger partial charge in [-0.15, -0.1) is 11.3 Å². The summed E-state index contributed by atoms with van der Waals surface area (Å²) >= 11 is 7.60. The molecule has 0 saturated heterocycles. The monoisotopic (exact) mass is 320 g/mol. The van der Waals surface area contributed by atoms with Crippen molar-refractivity contribution in [1.82, 2.24) is 10.3 Å². The van der Waals surface area contributed by atoms with Gasteiger partial charge in [-0.2, -0.15) is 0 Å². The molecule has 1 heterocycles. The molecule has 1 amide bonds. The predicted octanol–water partition coefficient (Wildman–Crippen LogP) is 2.38. The molecule has 2 N–H and O–H groups in total. The Balaban J connectivity index is 2.04. The maximum absolute atomic E-state index is 12.0. The molecule has 108 valence electrons. The molecule has 0 aliphatic carbocycles. The number of thiazole rings is 1. The summed E-state index contributed by atoms with van der Waals surface area (Å²) in [5.41, 5.74) is 1.88. The van der Waals surface area contributed by atoms with Gasteiger partial charge in [0.15, 0.2) is 0 Å². The van der Waals surface area contributed by atoms with Gasteiger partial charge in [-0.1, -0.05) is 23.4 Å². The third-order valence-corrected chi connectivity index (χ3v) is 3.77. The summed E-state index contributed by atoms with van der Waals surface area (Å²) < 4.78 is 0. The summed E-state index contributed by atoms with van der Waals surface area (Å²) in [7, 11) is 0. The van der Waals surface area contributed by atoms with E-state index in [1.165, 1.54) is 0 Å². The van der Waals surface area contributed by atoms with E-state index in [-0.39, 0.29) is 12.5 Å². The van der Waals surface area contributed by atoms with Crippen LogP contribution < -0.4 is 5.32 Å². The highest BCUT2D eigenvalue weighted by molar-refractivity contribution is 7.09. The van der Waals surface area contributed by atoms with Crippen LogP contribution in [0.15, 0.2) is 23.6 Å². The van der Waals surface area contributed by atoms with Gasteiger partial charge in [-0.05, 0) is 25.1 Å². The maximum Gasteiger partial charge on any atom is 0.251 e. The van der Waals surface area contributed by atoms with Crippen molar-refractivity contribution in [3.8, 4) is 11.8 Å². The lowest BCUT2D eigenvalue weighted by atomic mass is 10.1. The summed E-state index contributed by atoms with van der Waals surface area (Å²) in [5, 5.41) is 14.7. The van der Waals surface area contributed by atoms with Crippen LogP contribution in [0.3, 0.4) is 0 Å². The molecule has 0 atom stereocenters. The van der Waals surface area contributed by atoms with Crippen LogP contribution in [0.1, 0.15) is 26.6 Å². The van der Waals surface area contributed by atoms with Crippen molar-refractivity contribution in [3.63, 3.8) is 0 Å². The first kappa shape index (κ1) is 15.5. The molecule has 0 aliphatic heterocycles. The third-order valence-electron chi connectivity index (χ3n) is 2.63. The molecule has 2 rings (SSSR count). The first-order valence-electron chi connectivity index (χ1n) is 6.18. The fourth-order valence-corrected chi connectivity index (χ4v) is 2.50. The van der Waals surface area contributed by atoms with Crippen molar-refractivity contribution in [1.29, 1.82) is 0 Å². The Hall–Kier alpha value is -1.87. The van der Waals surface area contributed by atoms with Gasteiger partial charge in [0.05, 0.1) is 22.3 Å². The quantitative estimate of drug-likeness (QED) is 0.854. The predicted molar refractivity (Wildman–Crippen MR) is 83.4 cm³/mol. The number of carbonyl (C=O) groups excluding carboxylic acids is 1. The number of nitrogens with one attached hydrogen (secondary N) is 1. The van der Waals surface area contributed by atoms with Gasteiger partial charge in [0.1, 0.15) is 6.61 Å². The normalized spacial score (nSPS) is 9.86. The van der Waals surface area contributed by atoms with Gasteiger partial charge in [-0.25, -0.2) is 4.98 Å². The first-order chi connectivity index (χ1) is 10.1. The Labute approximate surface area is 131 Å². The first-order valence-corrected chi connectivity index (χ1v) is 7.44. The van der Waals surface area contributed by atoms with Crippen LogP contribution in [0.25, 0.3) is 0 Å². The van der Waals surface area contributed by atoms with Crippen LogP contribution in [0, 0.1) is 18.8 Å². The van der Waals surface area contributed by atoms with Crippen LogP contribution >= 0.6 is 22.9 Å². The van der Waals surface area contributed by atoms with Gasteiger partial charge >= 0.3 is 0 Å². The minimum Gasteiger partial charge on any atom is -0.384 e. The Morgan fingerprint density at radius 1 is 1.52 bits per heavy atom. The molecule has 6 heteroatoms. The zero-order valence-electron chi connectivity index (χ0n) is 11.3. The molecule has 1 aromatic carbocycles. The van der Waals surface area contributed by atoms with Gasteiger partial charge in [0.25, 0.3) is 5.91 Å². The molecule has 0 unspecified atom stereocenters. The van der Waals surface area contributed by atoms with E-state index < -0.39 is 0 Å². The van der Waals surface area contributed by atoms with Crippen LogP contribution in [-0.4, -0.2) is 22.6 Å². The van der Waals surface area contributed by atoms with Gasteiger partial charge in [0, 0.05) is 16.5 Å². The largest absolute Gasteiger partial charge is 0.384 e. The van der Waals surface area contributed by atoms with Gasteiger partial charge in [0.2, 0.25) is 0 Å². The lowest BCUT2D eigenvalue weighted by molar-refractivity contribution is 0.0950. The minimum absolute atomic E-state index is 0.218. The van der Waals surface area contributed by atoms with Crippen LogP contribution in [0.5, 0.6) is 0 Å². The second-order valence-electron chi connectivity index (χ2n) is 4.20. The van der Waals surface area contributed by atoms with Gasteiger partial charge < -0.3 is 10.4 Å². The number of nitrogens with zero attached hydrogens (tertiary/aromatic N) is 1. The SMILES string of the molecule is Cc1nc(CNC(=O)c2ccc(C#CCO)c(Cl)c2)cs1. The number of aliphatic hydroxyl groups is 1. The summed E-state index contributed by atoms with van der Waals surface area (Å²) in [5.74, 6) is 5.02. The molecule has 0 spiro atoms. The number of carbonyl (C=O) groups is 1. The van der Waals surface area contributed by atoms with Crippen molar-refractivity contribution >= 4 is 28.8 Å². The standard InChI is InChI=1S/C15H13ClN2O2S/c1-10-18-13(9-21-10)8-17-15(20)12-5-4-11(3-2-6-19)14(16)7-12/h4-5,7,9,19H,6,8H2,1H3,(H,17,20). The van der Waals surface area contributed by atoms with E-state index in [1.54, 1.807) is 29.5 Å². The molecule has 0 bridgehead atoms. The van der Waals surface area contributed by atoms with E-state index in [1.807, 2.05) is 12.3 Å². The zero-order valence-corrected chi connectivity index (χ0v) is 12.9. The van der Waals surface area contributed by atoms with E-state index in [2.05, 4.69) is 22.1 Å². The topological polar surface area (TPSA) is 62.2 Å². The molecule has 0 aliphatic rings. The fourth-order valence-electron chi connectivity index (χ4n) is 1.65. The number of hydrogen-bond donors (Lipinski definition) is 2. The lowest BCUT2D eigenvalue weighted by Gasteiger charge is -2.05. The van der Waals surface area contributed by atoms with Crippen LogP contribution in [0.2, 0.25) is 5.02 Å². The number of hydrogen-bond acceptors (Lipinski definition) is 4. The van der Waals surface area contributed by atoms with E-state index in [0.717, 1.165) is 10.7 Å². The summed E-state index contributed by atoms with van der Waals surface area (Å²) in [6.07, 6.45) is 0. The molecule has 0 radical (unpaired) electrons.